The Morgan fingerprint density at radius 1 is 1.23 bits per heavy atom. The summed E-state index contributed by atoms with van der Waals surface area (Å²) in [6, 6.07) is 13.2. The predicted octanol–water partition coefficient (Wildman–Crippen LogP) is 3.94. The second-order valence-electron chi connectivity index (χ2n) is 6.74. The molecule has 0 bridgehead atoms. The molecule has 8 heteroatoms. The topological polar surface area (TPSA) is 81.9 Å². The van der Waals surface area contributed by atoms with E-state index in [2.05, 4.69) is 20.4 Å². The number of carbonyl (C=O) groups excluding carboxylic acids is 1. The maximum atomic E-state index is 12.2. The molecular weight excluding hydrogens is 410 g/mol. The molecule has 0 saturated carbocycles. The lowest BCUT2D eigenvalue weighted by atomic mass is 10.2. The highest BCUT2D eigenvalue weighted by Gasteiger charge is 2.03. The number of nitrogens with zero attached hydrogens (tertiary/aromatic N) is 4. The quantitative estimate of drug-likeness (QED) is 0.427. The van der Waals surface area contributed by atoms with Crippen LogP contribution in [0.1, 0.15) is 21.8 Å². The molecule has 7 nitrogen and oxygen atoms in total. The standard InChI is InChI=1S/C23H21N5O2S/c1-17-27-20(16-31-17)15-30-21-5-2-4-18(12-21)6-7-23(29)25-14-19-8-10-24-22(13-19)28-11-3-9-26-28/h2-13,16H,14-15H2,1H3,(H,25,29)/b7-6+. The van der Waals surface area contributed by atoms with Gasteiger partial charge in [0.15, 0.2) is 5.82 Å². The van der Waals surface area contributed by atoms with E-state index >= 15 is 0 Å². The zero-order chi connectivity index (χ0) is 21.5. The highest BCUT2D eigenvalue weighted by atomic mass is 32.1. The van der Waals surface area contributed by atoms with Gasteiger partial charge < -0.3 is 10.1 Å². The fourth-order valence-corrected chi connectivity index (χ4v) is 3.46. The Morgan fingerprint density at radius 2 is 2.16 bits per heavy atom. The third-order valence-corrected chi connectivity index (χ3v) is 5.18. The molecule has 1 N–H and O–H groups in total. The van der Waals surface area contributed by atoms with Gasteiger partial charge in [-0.25, -0.2) is 14.6 Å². The summed E-state index contributed by atoms with van der Waals surface area (Å²) in [7, 11) is 0. The summed E-state index contributed by atoms with van der Waals surface area (Å²) in [6.45, 7) is 2.79. The normalized spacial score (nSPS) is 11.0. The van der Waals surface area contributed by atoms with Gasteiger partial charge in [0.05, 0.1) is 10.7 Å². The number of pyridine rings is 1. The Morgan fingerprint density at radius 3 is 2.97 bits per heavy atom. The van der Waals surface area contributed by atoms with Crippen LogP contribution in [-0.4, -0.2) is 25.7 Å². The Bertz CT molecular complexity index is 1180. The molecule has 0 aliphatic rings. The highest BCUT2D eigenvalue weighted by molar-refractivity contribution is 7.09. The molecule has 0 unspecified atom stereocenters. The molecule has 4 aromatic rings. The first-order valence-corrected chi connectivity index (χ1v) is 10.6. The lowest BCUT2D eigenvalue weighted by molar-refractivity contribution is -0.116. The largest absolute Gasteiger partial charge is 0.487 e. The van der Waals surface area contributed by atoms with Crippen molar-refractivity contribution in [1.82, 2.24) is 25.1 Å². The van der Waals surface area contributed by atoms with Crippen LogP contribution in [0.15, 0.2) is 72.5 Å². The molecule has 3 heterocycles. The van der Waals surface area contributed by atoms with Gasteiger partial charge in [0.2, 0.25) is 5.91 Å². The van der Waals surface area contributed by atoms with Crippen LogP contribution in [0.2, 0.25) is 0 Å². The summed E-state index contributed by atoms with van der Waals surface area (Å²) in [5, 5.41) is 10.1. The molecule has 0 aliphatic carbocycles. The summed E-state index contributed by atoms with van der Waals surface area (Å²) in [4.78, 5) is 20.9. The van der Waals surface area contributed by atoms with Crippen molar-refractivity contribution >= 4 is 23.3 Å². The van der Waals surface area contributed by atoms with Crippen molar-refractivity contribution in [3.8, 4) is 11.6 Å². The number of ether oxygens (including phenoxy) is 1. The van der Waals surface area contributed by atoms with Crippen LogP contribution in [0.3, 0.4) is 0 Å². The lowest BCUT2D eigenvalue weighted by Gasteiger charge is -2.06. The Kier molecular flexibility index (Phi) is 6.49. The number of amides is 1. The first-order chi connectivity index (χ1) is 15.2. The molecule has 1 aromatic carbocycles. The van der Waals surface area contributed by atoms with Gasteiger partial charge in [-0.3, -0.25) is 4.79 Å². The predicted molar refractivity (Wildman–Crippen MR) is 120 cm³/mol. The van der Waals surface area contributed by atoms with Crippen molar-refractivity contribution in [2.75, 3.05) is 0 Å². The van der Waals surface area contributed by atoms with Crippen LogP contribution in [0, 0.1) is 6.92 Å². The number of benzene rings is 1. The van der Waals surface area contributed by atoms with E-state index in [1.807, 2.05) is 61.0 Å². The van der Waals surface area contributed by atoms with Gasteiger partial charge in [-0.05, 0) is 54.5 Å². The van der Waals surface area contributed by atoms with Gasteiger partial charge in [0.25, 0.3) is 0 Å². The number of nitrogens with one attached hydrogen (secondary N) is 1. The van der Waals surface area contributed by atoms with E-state index in [4.69, 9.17) is 4.74 Å². The number of hydrogen-bond donors (Lipinski definition) is 1. The molecule has 0 aliphatic heterocycles. The van der Waals surface area contributed by atoms with Crippen LogP contribution < -0.4 is 10.1 Å². The molecule has 4 rings (SSSR count). The number of carbonyl (C=O) groups is 1. The molecule has 0 atom stereocenters. The highest BCUT2D eigenvalue weighted by Crippen LogP contribution is 2.17. The molecule has 1 amide bonds. The van der Waals surface area contributed by atoms with Crippen LogP contribution in [0.4, 0.5) is 0 Å². The van der Waals surface area contributed by atoms with Gasteiger partial charge >= 0.3 is 0 Å². The van der Waals surface area contributed by atoms with Gasteiger partial charge in [-0.15, -0.1) is 11.3 Å². The van der Waals surface area contributed by atoms with Crippen LogP contribution in [-0.2, 0) is 17.9 Å². The second kappa shape index (κ2) is 9.82. The number of rotatable bonds is 8. The minimum Gasteiger partial charge on any atom is -0.487 e. The van der Waals surface area contributed by atoms with Gasteiger partial charge in [-0.1, -0.05) is 12.1 Å². The minimum absolute atomic E-state index is 0.179. The minimum atomic E-state index is -0.179. The van der Waals surface area contributed by atoms with E-state index in [0.29, 0.717) is 19.0 Å². The molecule has 0 spiro atoms. The third kappa shape index (κ3) is 5.86. The number of aromatic nitrogens is 4. The Hall–Kier alpha value is -3.78. The second-order valence-corrected chi connectivity index (χ2v) is 7.81. The molecule has 0 radical (unpaired) electrons. The number of aryl methyl sites for hydroxylation is 1. The monoisotopic (exact) mass is 431 g/mol. The summed E-state index contributed by atoms with van der Waals surface area (Å²) in [5.74, 6) is 1.26. The molecule has 0 saturated heterocycles. The van der Waals surface area contributed by atoms with E-state index < -0.39 is 0 Å². The van der Waals surface area contributed by atoms with E-state index in [1.165, 1.54) is 6.08 Å². The van der Waals surface area contributed by atoms with Crippen molar-refractivity contribution in [1.29, 1.82) is 0 Å². The fraction of sp³-hybridized carbons (Fsp3) is 0.130. The molecule has 156 valence electrons. The summed E-state index contributed by atoms with van der Waals surface area (Å²) < 4.78 is 7.47. The first-order valence-electron chi connectivity index (χ1n) is 9.70. The summed E-state index contributed by atoms with van der Waals surface area (Å²) in [5.41, 5.74) is 2.73. The van der Waals surface area contributed by atoms with Crippen molar-refractivity contribution in [3.05, 3.63) is 94.3 Å². The molecule has 0 fully saturated rings. The molecular formula is C23H21N5O2S. The lowest BCUT2D eigenvalue weighted by Crippen LogP contribution is -2.20. The average molecular weight is 432 g/mol. The maximum absolute atomic E-state index is 12.2. The SMILES string of the molecule is Cc1nc(COc2cccc(/C=C/C(=O)NCc3ccnc(-n4cccn4)c3)c2)cs1. The molecule has 31 heavy (non-hydrogen) atoms. The van der Waals surface area contributed by atoms with E-state index in [9.17, 15) is 4.79 Å². The van der Waals surface area contributed by atoms with Crippen molar-refractivity contribution < 1.29 is 9.53 Å². The zero-order valence-electron chi connectivity index (χ0n) is 16.9. The summed E-state index contributed by atoms with van der Waals surface area (Å²) in [6.07, 6.45) is 8.49. The van der Waals surface area contributed by atoms with Crippen LogP contribution in [0.5, 0.6) is 5.75 Å². The van der Waals surface area contributed by atoms with E-state index in [0.717, 1.165) is 27.6 Å². The first kappa shape index (κ1) is 20.5. The van der Waals surface area contributed by atoms with Crippen molar-refractivity contribution in [2.24, 2.45) is 0 Å². The fourth-order valence-electron chi connectivity index (χ4n) is 2.86. The van der Waals surface area contributed by atoms with Crippen molar-refractivity contribution in [3.63, 3.8) is 0 Å². The van der Waals surface area contributed by atoms with Gasteiger partial charge in [0.1, 0.15) is 12.4 Å². The smallest absolute Gasteiger partial charge is 0.244 e. The molecule has 3 aromatic heterocycles. The number of hydrogen-bond acceptors (Lipinski definition) is 6. The van der Waals surface area contributed by atoms with Crippen LogP contribution >= 0.6 is 11.3 Å². The van der Waals surface area contributed by atoms with E-state index in [-0.39, 0.29) is 5.91 Å². The van der Waals surface area contributed by atoms with Gasteiger partial charge in [-0.2, -0.15) is 5.10 Å². The average Bonchev–Trinajstić information content (AvgIpc) is 3.47. The Labute approximate surface area is 184 Å². The van der Waals surface area contributed by atoms with E-state index in [1.54, 1.807) is 34.5 Å². The Balaban J connectivity index is 1.30. The maximum Gasteiger partial charge on any atom is 0.244 e. The third-order valence-electron chi connectivity index (χ3n) is 4.35. The van der Waals surface area contributed by atoms with Gasteiger partial charge in [0, 0.05) is 36.6 Å². The zero-order valence-corrected chi connectivity index (χ0v) is 17.7. The van der Waals surface area contributed by atoms with Crippen molar-refractivity contribution in [2.45, 2.75) is 20.1 Å². The number of thiazole rings is 1. The van der Waals surface area contributed by atoms with Crippen LogP contribution in [0.25, 0.3) is 11.9 Å². The summed E-state index contributed by atoms with van der Waals surface area (Å²) >= 11 is 1.60.